The second-order valence-corrected chi connectivity index (χ2v) is 5.37. The van der Waals surface area contributed by atoms with Gasteiger partial charge in [-0.25, -0.2) is 0 Å². The Bertz CT molecular complexity index is 411. The molecule has 0 amide bonds. The van der Waals surface area contributed by atoms with Crippen molar-refractivity contribution in [2.45, 2.75) is 32.1 Å². The molecule has 1 heterocycles. The minimum Gasteiger partial charge on any atom is -0.372 e. The molecule has 0 radical (unpaired) electrons. The van der Waals surface area contributed by atoms with Crippen molar-refractivity contribution in [1.82, 2.24) is 0 Å². The molecule has 1 aliphatic heterocycles. The molecule has 2 N–H and O–H groups in total. The maximum Gasteiger partial charge on any atom is 0.0991 e. The van der Waals surface area contributed by atoms with E-state index in [1.54, 1.807) is 0 Å². The van der Waals surface area contributed by atoms with Gasteiger partial charge in [0, 0.05) is 18.8 Å². The van der Waals surface area contributed by atoms with Crippen molar-refractivity contribution in [1.29, 1.82) is 5.26 Å². The normalized spacial score (nSPS) is 16.3. The zero-order chi connectivity index (χ0) is 13.5. The fourth-order valence-electron chi connectivity index (χ4n) is 2.80. The number of benzene rings is 1. The van der Waals surface area contributed by atoms with E-state index in [2.05, 4.69) is 23.1 Å². The number of rotatable bonds is 5. The van der Waals surface area contributed by atoms with Gasteiger partial charge in [-0.05, 0) is 56.0 Å². The second-order valence-electron chi connectivity index (χ2n) is 5.37. The number of nitriles is 1. The van der Waals surface area contributed by atoms with Crippen LogP contribution in [-0.2, 0) is 0 Å². The summed E-state index contributed by atoms with van der Waals surface area (Å²) in [6.07, 6.45) is 6.33. The molecule has 3 heteroatoms. The fourth-order valence-corrected chi connectivity index (χ4v) is 2.80. The van der Waals surface area contributed by atoms with E-state index < -0.39 is 0 Å². The Labute approximate surface area is 116 Å². The maximum atomic E-state index is 8.80. The van der Waals surface area contributed by atoms with E-state index in [-0.39, 0.29) is 0 Å². The molecule has 1 aromatic rings. The summed E-state index contributed by atoms with van der Waals surface area (Å²) < 4.78 is 0. The maximum absolute atomic E-state index is 8.80. The minimum atomic E-state index is 0.737. The fraction of sp³-hybridized carbons (Fsp3) is 0.562. The van der Waals surface area contributed by atoms with Crippen LogP contribution in [0, 0.1) is 17.2 Å². The largest absolute Gasteiger partial charge is 0.372 e. The van der Waals surface area contributed by atoms with Gasteiger partial charge in [-0.15, -0.1) is 0 Å². The SMILES string of the molecule is N#Cc1ccc(N2CCC(CCCCN)CC2)cc1. The summed E-state index contributed by atoms with van der Waals surface area (Å²) in [5.74, 6) is 0.876. The predicted octanol–water partition coefficient (Wildman–Crippen LogP) is 2.90. The van der Waals surface area contributed by atoms with Crippen molar-refractivity contribution >= 4 is 5.69 Å². The molecule has 19 heavy (non-hydrogen) atoms. The molecule has 1 fully saturated rings. The number of nitrogens with two attached hydrogens (primary N) is 1. The first-order valence-corrected chi connectivity index (χ1v) is 7.28. The number of unbranched alkanes of at least 4 members (excludes halogenated alkanes) is 1. The van der Waals surface area contributed by atoms with E-state index in [9.17, 15) is 0 Å². The third-order valence-corrected chi connectivity index (χ3v) is 4.04. The Balaban J connectivity index is 1.80. The minimum absolute atomic E-state index is 0.737. The smallest absolute Gasteiger partial charge is 0.0991 e. The Morgan fingerprint density at radius 1 is 1.16 bits per heavy atom. The summed E-state index contributed by atoms with van der Waals surface area (Å²) in [6, 6.07) is 10.1. The van der Waals surface area contributed by atoms with E-state index >= 15 is 0 Å². The molecule has 1 aromatic carbocycles. The van der Waals surface area contributed by atoms with Crippen molar-refractivity contribution in [2.24, 2.45) is 11.7 Å². The van der Waals surface area contributed by atoms with E-state index in [1.807, 2.05) is 12.1 Å². The summed E-state index contributed by atoms with van der Waals surface area (Å²) in [5.41, 5.74) is 7.52. The van der Waals surface area contributed by atoms with Crippen LogP contribution in [0.5, 0.6) is 0 Å². The van der Waals surface area contributed by atoms with Gasteiger partial charge in [0.25, 0.3) is 0 Å². The van der Waals surface area contributed by atoms with E-state index in [4.69, 9.17) is 11.0 Å². The zero-order valence-electron chi connectivity index (χ0n) is 11.5. The van der Waals surface area contributed by atoms with Crippen molar-refractivity contribution in [2.75, 3.05) is 24.5 Å². The highest BCUT2D eigenvalue weighted by Gasteiger charge is 2.18. The first-order chi connectivity index (χ1) is 9.33. The van der Waals surface area contributed by atoms with Gasteiger partial charge in [0.15, 0.2) is 0 Å². The summed E-state index contributed by atoms with van der Waals surface area (Å²) in [5, 5.41) is 8.80. The first-order valence-electron chi connectivity index (χ1n) is 7.28. The Morgan fingerprint density at radius 3 is 2.42 bits per heavy atom. The van der Waals surface area contributed by atoms with Crippen LogP contribution in [0.25, 0.3) is 0 Å². The van der Waals surface area contributed by atoms with Crippen LogP contribution in [-0.4, -0.2) is 19.6 Å². The van der Waals surface area contributed by atoms with Gasteiger partial charge in [0.2, 0.25) is 0 Å². The summed E-state index contributed by atoms with van der Waals surface area (Å²) >= 11 is 0. The van der Waals surface area contributed by atoms with Crippen LogP contribution < -0.4 is 10.6 Å². The summed E-state index contributed by atoms with van der Waals surface area (Å²) in [6.45, 7) is 3.10. The van der Waals surface area contributed by atoms with Crippen molar-refractivity contribution in [3.8, 4) is 6.07 Å². The third-order valence-electron chi connectivity index (χ3n) is 4.04. The van der Waals surface area contributed by atoms with E-state index in [0.29, 0.717) is 0 Å². The molecule has 0 saturated carbocycles. The van der Waals surface area contributed by atoms with Gasteiger partial charge >= 0.3 is 0 Å². The lowest BCUT2D eigenvalue weighted by Crippen LogP contribution is -2.33. The number of hydrogen-bond acceptors (Lipinski definition) is 3. The topological polar surface area (TPSA) is 53.0 Å². The van der Waals surface area contributed by atoms with Gasteiger partial charge < -0.3 is 10.6 Å². The molecule has 0 aromatic heterocycles. The predicted molar refractivity (Wildman–Crippen MR) is 79.0 cm³/mol. The Morgan fingerprint density at radius 2 is 1.84 bits per heavy atom. The Kier molecular flexibility index (Phi) is 5.23. The molecule has 2 rings (SSSR count). The zero-order valence-corrected chi connectivity index (χ0v) is 11.5. The monoisotopic (exact) mass is 257 g/mol. The highest BCUT2D eigenvalue weighted by atomic mass is 15.1. The molecule has 0 aliphatic carbocycles. The van der Waals surface area contributed by atoms with Crippen LogP contribution in [0.2, 0.25) is 0 Å². The average molecular weight is 257 g/mol. The van der Waals surface area contributed by atoms with Crippen LogP contribution in [0.1, 0.15) is 37.7 Å². The highest BCUT2D eigenvalue weighted by molar-refractivity contribution is 5.49. The number of nitrogens with zero attached hydrogens (tertiary/aromatic N) is 2. The second kappa shape index (κ2) is 7.16. The van der Waals surface area contributed by atoms with Crippen LogP contribution >= 0.6 is 0 Å². The van der Waals surface area contributed by atoms with E-state index in [1.165, 1.54) is 31.4 Å². The van der Waals surface area contributed by atoms with Crippen LogP contribution in [0.15, 0.2) is 24.3 Å². The van der Waals surface area contributed by atoms with Crippen LogP contribution in [0.4, 0.5) is 5.69 Å². The molecule has 1 aliphatic rings. The average Bonchev–Trinajstić information content (AvgIpc) is 2.48. The lowest BCUT2D eigenvalue weighted by molar-refractivity contribution is 0.370. The quantitative estimate of drug-likeness (QED) is 0.825. The van der Waals surface area contributed by atoms with E-state index in [0.717, 1.165) is 37.5 Å². The highest BCUT2D eigenvalue weighted by Crippen LogP contribution is 2.26. The summed E-state index contributed by atoms with van der Waals surface area (Å²) in [7, 11) is 0. The number of piperidine rings is 1. The summed E-state index contributed by atoms with van der Waals surface area (Å²) in [4.78, 5) is 2.43. The standard InChI is InChI=1S/C16H23N3/c17-10-2-1-3-14-8-11-19(12-9-14)16-6-4-15(13-18)5-7-16/h4-7,14H,1-3,8-12,17H2. The molecule has 102 valence electrons. The molecule has 0 atom stereocenters. The Hall–Kier alpha value is -1.53. The van der Waals surface area contributed by atoms with Gasteiger partial charge in [0.05, 0.1) is 11.6 Å². The van der Waals surface area contributed by atoms with Gasteiger partial charge in [-0.3, -0.25) is 0 Å². The first kappa shape index (κ1) is 13.9. The molecule has 0 spiro atoms. The molecule has 1 saturated heterocycles. The third kappa shape index (κ3) is 3.97. The molecule has 0 bridgehead atoms. The van der Waals surface area contributed by atoms with Gasteiger partial charge in [-0.2, -0.15) is 5.26 Å². The molecular formula is C16H23N3. The molecule has 3 nitrogen and oxygen atoms in total. The van der Waals surface area contributed by atoms with Gasteiger partial charge in [0.1, 0.15) is 0 Å². The lowest BCUT2D eigenvalue weighted by Gasteiger charge is -2.33. The molecule has 0 unspecified atom stereocenters. The van der Waals surface area contributed by atoms with Crippen molar-refractivity contribution in [3.63, 3.8) is 0 Å². The van der Waals surface area contributed by atoms with Gasteiger partial charge in [-0.1, -0.05) is 12.8 Å². The van der Waals surface area contributed by atoms with Crippen LogP contribution in [0.3, 0.4) is 0 Å². The number of hydrogen-bond donors (Lipinski definition) is 1. The van der Waals surface area contributed by atoms with Crippen molar-refractivity contribution in [3.05, 3.63) is 29.8 Å². The molecular weight excluding hydrogens is 234 g/mol. The number of anilines is 1. The van der Waals surface area contributed by atoms with Crippen molar-refractivity contribution < 1.29 is 0 Å². The lowest BCUT2D eigenvalue weighted by atomic mass is 9.91.